The van der Waals surface area contributed by atoms with Crippen molar-refractivity contribution in [1.29, 1.82) is 0 Å². The molecule has 2 heteroatoms. The molecule has 0 saturated carbocycles. The van der Waals surface area contributed by atoms with Gasteiger partial charge in [-0.2, -0.15) is 0 Å². The van der Waals surface area contributed by atoms with Gasteiger partial charge in [-0.05, 0) is 41.0 Å². The number of benzene rings is 3. The summed E-state index contributed by atoms with van der Waals surface area (Å²) in [5.41, 5.74) is 2.54. The largest absolute Gasteiger partial charge is 0.493 e. The van der Waals surface area contributed by atoms with Crippen LogP contribution in [0.1, 0.15) is 17.3 Å². The number of carbonyl (C=O) groups excluding carboxylic acids is 1. The van der Waals surface area contributed by atoms with Gasteiger partial charge in [0.05, 0.1) is 12.2 Å². The SMILES string of the molecule is CCOc1cccc(-c2ccc3ccccc3c2)c1C=O. The molecule has 0 radical (unpaired) electrons. The Balaban J connectivity index is 2.17. The zero-order chi connectivity index (χ0) is 14.7. The summed E-state index contributed by atoms with van der Waals surface area (Å²) in [6.45, 7) is 2.46. The van der Waals surface area contributed by atoms with Crippen molar-refractivity contribution in [2.75, 3.05) is 6.61 Å². The predicted molar refractivity (Wildman–Crippen MR) is 85.9 cm³/mol. The standard InChI is InChI=1S/C19H16O2/c1-2-21-19-9-5-8-17(18(19)13-20)16-11-10-14-6-3-4-7-15(14)12-16/h3-13H,2H2,1H3. The molecule has 0 aliphatic heterocycles. The number of rotatable bonds is 4. The van der Waals surface area contributed by atoms with Crippen LogP contribution in [0.25, 0.3) is 21.9 Å². The van der Waals surface area contributed by atoms with Crippen LogP contribution < -0.4 is 4.74 Å². The van der Waals surface area contributed by atoms with E-state index in [1.165, 1.54) is 5.39 Å². The predicted octanol–water partition coefficient (Wildman–Crippen LogP) is 4.72. The topological polar surface area (TPSA) is 26.3 Å². The Bertz CT molecular complexity index is 790. The van der Waals surface area contributed by atoms with Crippen molar-refractivity contribution in [1.82, 2.24) is 0 Å². The number of ether oxygens (including phenoxy) is 1. The van der Waals surface area contributed by atoms with Crippen molar-refractivity contribution in [2.24, 2.45) is 0 Å². The normalized spacial score (nSPS) is 10.5. The van der Waals surface area contributed by atoms with E-state index >= 15 is 0 Å². The zero-order valence-corrected chi connectivity index (χ0v) is 11.9. The van der Waals surface area contributed by atoms with Crippen molar-refractivity contribution >= 4 is 17.1 Å². The van der Waals surface area contributed by atoms with Gasteiger partial charge in [0.25, 0.3) is 0 Å². The number of hydrogen-bond acceptors (Lipinski definition) is 2. The molecule has 0 unspecified atom stereocenters. The first-order valence-corrected chi connectivity index (χ1v) is 7.03. The maximum atomic E-state index is 11.5. The minimum absolute atomic E-state index is 0.544. The molecule has 2 nitrogen and oxygen atoms in total. The van der Waals surface area contributed by atoms with E-state index in [1.807, 2.05) is 43.3 Å². The van der Waals surface area contributed by atoms with Crippen molar-refractivity contribution in [3.63, 3.8) is 0 Å². The summed E-state index contributed by atoms with van der Waals surface area (Å²) in [5.74, 6) is 0.637. The summed E-state index contributed by atoms with van der Waals surface area (Å²) in [6, 6.07) is 20.1. The third-order valence-corrected chi connectivity index (χ3v) is 3.54. The smallest absolute Gasteiger partial charge is 0.154 e. The maximum Gasteiger partial charge on any atom is 0.154 e. The number of aldehydes is 1. The number of hydrogen-bond donors (Lipinski definition) is 0. The van der Waals surface area contributed by atoms with Crippen LogP contribution in [-0.4, -0.2) is 12.9 Å². The van der Waals surface area contributed by atoms with Gasteiger partial charge in [0, 0.05) is 0 Å². The van der Waals surface area contributed by atoms with Crippen LogP contribution in [0.5, 0.6) is 5.75 Å². The van der Waals surface area contributed by atoms with E-state index < -0.39 is 0 Å². The molecule has 0 amide bonds. The first-order valence-electron chi connectivity index (χ1n) is 7.03. The summed E-state index contributed by atoms with van der Waals surface area (Å²) in [5, 5.41) is 2.35. The van der Waals surface area contributed by atoms with Gasteiger partial charge in [0.15, 0.2) is 6.29 Å². The lowest BCUT2D eigenvalue weighted by atomic mass is 9.97. The Morgan fingerprint density at radius 1 is 0.952 bits per heavy atom. The van der Waals surface area contributed by atoms with Crippen LogP contribution in [-0.2, 0) is 0 Å². The molecular formula is C19H16O2. The highest BCUT2D eigenvalue weighted by atomic mass is 16.5. The van der Waals surface area contributed by atoms with Crippen molar-refractivity contribution in [3.8, 4) is 16.9 Å². The lowest BCUT2D eigenvalue weighted by Crippen LogP contribution is -1.97. The fourth-order valence-corrected chi connectivity index (χ4v) is 2.56. The second kappa shape index (κ2) is 5.80. The molecule has 3 aromatic carbocycles. The fourth-order valence-electron chi connectivity index (χ4n) is 2.56. The molecule has 0 saturated heterocycles. The molecule has 0 fully saturated rings. The van der Waals surface area contributed by atoms with Crippen LogP contribution in [0.15, 0.2) is 60.7 Å². The van der Waals surface area contributed by atoms with Crippen LogP contribution >= 0.6 is 0 Å². The molecular weight excluding hydrogens is 260 g/mol. The molecule has 3 rings (SSSR count). The maximum absolute atomic E-state index is 11.5. The van der Waals surface area contributed by atoms with Crippen LogP contribution in [0.4, 0.5) is 0 Å². The highest BCUT2D eigenvalue weighted by molar-refractivity contribution is 5.94. The Hall–Kier alpha value is -2.61. The average Bonchev–Trinajstić information content (AvgIpc) is 2.54. The summed E-state index contributed by atoms with van der Waals surface area (Å²) in [6.07, 6.45) is 0.871. The van der Waals surface area contributed by atoms with E-state index in [0.29, 0.717) is 17.9 Å². The minimum atomic E-state index is 0.544. The van der Waals surface area contributed by atoms with E-state index in [4.69, 9.17) is 4.74 Å². The second-order valence-corrected chi connectivity index (χ2v) is 4.83. The Morgan fingerprint density at radius 3 is 2.52 bits per heavy atom. The van der Waals surface area contributed by atoms with Gasteiger partial charge in [0.1, 0.15) is 5.75 Å². The highest BCUT2D eigenvalue weighted by Gasteiger charge is 2.10. The van der Waals surface area contributed by atoms with Crippen LogP contribution in [0.2, 0.25) is 0 Å². The van der Waals surface area contributed by atoms with E-state index in [1.54, 1.807) is 0 Å². The molecule has 21 heavy (non-hydrogen) atoms. The summed E-state index contributed by atoms with van der Waals surface area (Å²) >= 11 is 0. The van der Waals surface area contributed by atoms with E-state index in [0.717, 1.165) is 22.8 Å². The Labute approximate surface area is 124 Å². The van der Waals surface area contributed by atoms with Gasteiger partial charge in [-0.3, -0.25) is 4.79 Å². The average molecular weight is 276 g/mol. The third kappa shape index (κ3) is 2.52. The van der Waals surface area contributed by atoms with Gasteiger partial charge in [0.2, 0.25) is 0 Å². The quantitative estimate of drug-likeness (QED) is 0.645. The number of fused-ring (bicyclic) bond motifs is 1. The Kier molecular flexibility index (Phi) is 3.69. The zero-order valence-electron chi connectivity index (χ0n) is 11.9. The first kappa shape index (κ1) is 13.4. The monoisotopic (exact) mass is 276 g/mol. The molecule has 104 valence electrons. The first-order chi connectivity index (χ1) is 10.3. The van der Waals surface area contributed by atoms with Gasteiger partial charge < -0.3 is 4.74 Å². The minimum Gasteiger partial charge on any atom is -0.493 e. The molecule has 0 atom stereocenters. The summed E-state index contributed by atoms with van der Waals surface area (Å²) in [7, 11) is 0. The molecule has 0 N–H and O–H groups in total. The summed E-state index contributed by atoms with van der Waals surface area (Å²) in [4.78, 5) is 11.5. The molecule has 0 spiro atoms. The van der Waals surface area contributed by atoms with Crippen LogP contribution in [0.3, 0.4) is 0 Å². The lowest BCUT2D eigenvalue weighted by molar-refractivity contribution is 0.112. The van der Waals surface area contributed by atoms with E-state index in [-0.39, 0.29) is 0 Å². The highest BCUT2D eigenvalue weighted by Crippen LogP contribution is 2.31. The summed E-state index contributed by atoms with van der Waals surface area (Å²) < 4.78 is 5.55. The fraction of sp³-hybridized carbons (Fsp3) is 0.105. The van der Waals surface area contributed by atoms with Gasteiger partial charge >= 0.3 is 0 Å². The van der Waals surface area contributed by atoms with Crippen molar-refractivity contribution in [2.45, 2.75) is 6.92 Å². The third-order valence-electron chi connectivity index (χ3n) is 3.54. The molecule has 0 aliphatic rings. The van der Waals surface area contributed by atoms with Crippen LogP contribution in [0, 0.1) is 0 Å². The van der Waals surface area contributed by atoms with E-state index in [2.05, 4.69) is 24.3 Å². The molecule has 0 aliphatic carbocycles. The van der Waals surface area contributed by atoms with E-state index in [9.17, 15) is 4.79 Å². The van der Waals surface area contributed by atoms with Crippen molar-refractivity contribution < 1.29 is 9.53 Å². The molecule has 0 bridgehead atoms. The van der Waals surface area contributed by atoms with Gasteiger partial charge in [-0.15, -0.1) is 0 Å². The molecule has 0 aromatic heterocycles. The number of carbonyl (C=O) groups is 1. The molecule has 0 heterocycles. The second-order valence-electron chi connectivity index (χ2n) is 4.83. The molecule has 3 aromatic rings. The van der Waals surface area contributed by atoms with Crippen molar-refractivity contribution in [3.05, 3.63) is 66.2 Å². The lowest BCUT2D eigenvalue weighted by Gasteiger charge is -2.11. The van der Waals surface area contributed by atoms with Gasteiger partial charge in [-0.1, -0.05) is 48.5 Å². The Morgan fingerprint density at radius 2 is 1.76 bits per heavy atom. The van der Waals surface area contributed by atoms with Gasteiger partial charge in [-0.25, -0.2) is 0 Å².